The van der Waals surface area contributed by atoms with Gasteiger partial charge in [0.25, 0.3) is 0 Å². The maximum absolute atomic E-state index is 12.3. The van der Waals surface area contributed by atoms with E-state index < -0.39 is 0 Å². The monoisotopic (exact) mass is 347 g/mol. The molecule has 26 heavy (non-hydrogen) atoms. The largest absolute Gasteiger partial charge is 0.351 e. The third kappa shape index (κ3) is 3.33. The first-order chi connectivity index (χ1) is 12.7. The SMILES string of the molecule is O=C(CCn1ccc2ccccc21)N[C@H]1CC(=O)N(c2ccccc2)C1. The maximum Gasteiger partial charge on any atom is 0.229 e. The van der Waals surface area contributed by atoms with Crippen molar-refractivity contribution in [2.24, 2.45) is 0 Å². The highest BCUT2D eigenvalue weighted by Crippen LogP contribution is 2.21. The van der Waals surface area contributed by atoms with E-state index in [1.165, 1.54) is 5.39 Å². The average Bonchev–Trinajstić information content (AvgIpc) is 3.24. The molecule has 1 aliphatic rings. The number of nitrogens with zero attached hydrogens (tertiary/aromatic N) is 2. The quantitative estimate of drug-likeness (QED) is 0.771. The van der Waals surface area contributed by atoms with Gasteiger partial charge in [-0.25, -0.2) is 0 Å². The summed E-state index contributed by atoms with van der Waals surface area (Å²) in [6.07, 6.45) is 2.76. The van der Waals surface area contributed by atoms with E-state index in [0.717, 1.165) is 11.2 Å². The molecule has 5 heteroatoms. The molecule has 1 atom stereocenters. The average molecular weight is 347 g/mol. The molecule has 0 unspecified atom stereocenters. The first kappa shape index (κ1) is 16.4. The fraction of sp³-hybridized carbons (Fsp3) is 0.238. The summed E-state index contributed by atoms with van der Waals surface area (Å²) in [7, 11) is 0. The molecule has 2 aromatic carbocycles. The Bertz CT molecular complexity index is 933. The lowest BCUT2D eigenvalue weighted by molar-refractivity contribution is -0.121. The van der Waals surface area contributed by atoms with Gasteiger partial charge in [0, 0.05) is 43.3 Å². The number of amides is 2. The van der Waals surface area contributed by atoms with Crippen LogP contribution in [0.3, 0.4) is 0 Å². The Kier molecular flexibility index (Phi) is 4.44. The number of nitrogens with one attached hydrogen (secondary N) is 1. The molecule has 1 N–H and O–H groups in total. The Labute approximate surface area is 152 Å². The van der Waals surface area contributed by atoms with Gasteiger partial charge in [0.05, 0.1) is 6.04 Å². The van der Waals surface area contributed by atoms with Crippen molar-refractivity contribution in [3.8, 4) is 0 Å². The third-order valence-electron chi connectivity index (χ3n) is 4.82. The molecule has 2 amide bonds. The summed E-state index contributed by atoms with van der Waals surface area (Å²) in [6.45, 7) is 1.16. The van der Waals surface area contributed by atoms with Gasteiger partial charge >= 0.3 is 0 Å². The van der Waals surface area contributed by atoms with E-state index in [-0.39, 0.29) is 17.9 Å². The Hall–Kier alpha value is -3.08. The molecule has 2 heterocycles. The van der Waals surface area contributed by atoms with Crippen molar-refractivity contribution in [1.29, 1.82) is 0 Å². The zero-order chi connectivity index (χ0) is 17.9. The number of benzene rings is 2. The van der Waals surface area contributed by atoms with Gasteiger partial charge in [0.2, 0.25) is 11.8 Å². The third-order valence-corrected chi connectivity index (χ3v) is 4.82. The molecule has 0 radical (unpaired) electrons. The number of anilines is 1. The fourth-order valence-electron chi connectivity index (χ4n) is 3.52. The highest BCUT2D eigenvalue weighted by atomic mass is 16.2. The van der Waals surface area contributed by atoms with Crippen molar-refractivity contribution in [3.05, 3.63) is 66.9 Å². The highest BCUT2D eigenvalue weighted by Gasteiger charge is 2.31. The summed E-state index contributed by atoms with van der Waals surface area (Å²) >= 11 is 0. The second kappa shape index (κ2) is 7.04. The lowest BCUT2D eigenvalue weighted by Crippen LogP contribution is -2.37. The number of fused-ring (bicyclic) bond motifs is 1. The molecular formula is C21H21N3O2. The van der Waals surface area contributed by atoms with Crippen LogP contribution >= 0.6 is 0 Å². The molecule has 0 bridgehead atoms. The van der Waals surface area contributed by atoms with Crippen molar-refractivity contribution < 1.29 is 9.59 Å². The van der Waals surface area contributed by atoms with E-state index >= 15 is 0 Å². The molecule has 1 aliphatic heterocycles. The van der Waals surface area contributed by atoms with Crippen LogP contribution in [0.5, 0.6) is 0 Å². The molecule has 1 saturated heterocycles. The van der Waals surface area contributed by atoms with Crippen LogP contribution in [-0.4, -0.2) is 29.0 Å². The van der Waals surface area contributed by atoms with Gasteiger partial charge in [-0.15, -0.1) is 0 Å². The van der Waals surface area contributed by atoms with Crippen LogP contribution in [-0.2, 0) is 16.1 Å². The summed E-state index contributed by atoms with van der Waals surface area (Å²) in [6, 6.07) is 19.6. The number of rotatable bonds is 5. The first-order valence-electron chi connectivity index (χ1n) is 8.89. The minimum atomic E-state index is -0.128. The van der Waals surface area contributed by atoms with E-state index in [1.807, 2.05) is 48.7 Å². The summed E-state index contributed by atoms with van der Waals surface area (Å²) in [5.74, 6) is 0.0356. The van der Waals surface area contributed by atoms with E-state index in [0.29, 0.717) is 25.9 Å². The van der Waals surface area contributed by atoms with Crippen LogP contribution in [0.1, 0.15) is 12.8 Å². The van der Waals surface area contributed by atoms with Gasteiger partial charge in [-0.2, -0.15) is 0 Å². The summed E-state index contributed by atoms with van der Waals surface area (Å²) in [5.41, 5.74) is 2.01. The number of aromatic nitrogens is 1. The number of carbonyl (C=O) groups is 2. The highest BCUT2D eigenvalue weighted by molar-refractivity contribution is 5.96. The second-order valence-corrected chi connectivity index (χ2v) is 6.63. The zero-order valence-electron chi connectivity index (χ0n) is 14.5. The molecule has 5 nitrogen and oxygen atoms in total. The standard InChI is InChI=1S/C21H21N3O2/c25-20(11-13-23-12-10-16-6-4-5-9-19(16)23)22-17-14-21(26)24(15-17)18-7-2-1-3-8-18/h1-10,12,17H,11,13-15H2,(H,22,25)/t17-/m0/s1. The Morgan fingerprint density at radius 3 is 2.65 bits per heavy atom. The second-order valence-electron chi connectivity index (χ2n) is 6.63. The molecule has 1 aromatic heterocycles. The van der Waals surface area contributed by atoms with Crippen molar-refractivity contribution in [1.82, 2.24) is 9.88 Å². The van der Waals surface area contributed by atoms with Crippen LogP contribution in [0.15, 0.2) is 66.9 Å². The number of carbonyl (C=O) groups excluding carboxylic acids is 2. The van der Waals surface area contributed by atoms with Gasteiger partial charge in [0.1, 0.15) is 0 Å². The smallest absolute Gasteiger partial charge is 0.229 e. The molecule has 0 aliphatic carbocycles. The molecule has 0 spiro atoms. The number of aryl methyl sites for hydroxylation is 1. The Morgan fingerprint density at radius 1 is 1.04 bits per heavy atom. The molecule has 0 saturated carbocycles. The van der Waals surface area contributed by atoms with Crippen LogP contribution in [0, 0.1) is 0 Å². The lowest BCUT2D eigenvalue weighted by atomic mass is 10.2. The first-order valence-corrected chi connectivity index (χ1v) is 8.89. The van der Waals surface area contributed by atoms with Crippen molar-refractivity contribution in [2.45, 2.75) is 25.4 Å². The number of hydrogen-bond acceptors (Lipinski definition) is 2. The molecule has 3 aromatic rings. The fourth-order valence-corrected chi connectivity index (χ4v) is 3.52. The molecular weight excluding hydrogens is 326 g/mol. The lowest BCUT2D eigenvalue weighted by Gasteiger charge is -2.17. The van der Waals surface area contributed by atoms with E-state index in [4.69, 9.17) is 0 Å². The van der Waals surface area contributed by atoms with Gasteiger partial charge in [-0.3, -0.25) is 9.59 Å². The predicted molar refractivity (Wildman–Crippen MR) is 102 cm³/mol. The zero-order valence-corrected chi connectivity index (χ0v) is 14.5. The van der Waals surface area contributed by atoms with Crippen molar-refractivity contribution >= 4 is 28.4 Å². The summed E-state index contributed by atoms with van der Waals surface area (Å²) in [5, 5.41) is 4.18. The van der Waals surface area contributed by atoms with Gasteiger partial charge in [0.15, 0.2) is 0 Å². The molecule has 1 fully saturated rings. The van der Waals surface area contributed by atoms with E-state index in [1.54, 1.807) is 4.90 Å². The van der Waals surface area contributed by atoms with Gasteiger partial charge < -0.3 is 14.8 Å². The summed E-state index contributed by atoms with van der Waals surface area (Å²) < 4.78 is 2.09. The van der Waals surface area contributed by atoms with Crippen molar-refractivity contribution in [3.63, 3.8) is 0 Å². The predicted octanol–water partition coefficient (Wildman–Crippen LogP) is 2.95. The van der Waals surface area contributed by atoms with E-state index in [9.17, 15) is 9.59 Å². The van der Waals surface area contributed by atoms with Crippen LogP contribution in [0.4, 0.5) is 5.69 Å². The topological polar surface area (TPSA) is 54.3 Å². The molecule has 132 valence electrons. The van der Waals surface area contributed by atoms with Crippen LogP contribution in [0.25, 0.3) is 10.9 Å². The van der Waals surface area contributed by atoms with Gasteiger partial charge in [-0.1, -0.05) is 36.4 Å². The Balaban J connectivity index is 1.33. The normalized spacial score (nSPS) is 17.0. The van der Waals surface area contributed by atoms with Crippen molar-refractivity contribution in [2.75, 3.05) is 11.4 Å². The minimum Gasteiger partial charge on any atom is -0.351 e. The van der Waals surface area contributed by atoms with E-state index in [2.05, 4.69) is 28.1 Å². The maximum atomic E-state index is 12.3. The molecule has 4 rings (SSSR count). The number of hydrogen-bond donors (Lipinski definition) is 1. The van der Waals surface area contributed by atoms with Crippen LogP contribution < -0.4 is 10.2 Å². The Morgan fingerprint density at radius 2 is 1.81 bits per heavy atom. The van der Waals surface area contributed by atoms with Gasteiger partial charge in [-0.05, 0) is 29.7 Å². The van der Waals surface area contributed by atoms with Crippen LogP contribution in [0.2, 0.25) is 0 Å². The minimum absolute atomic E-state index is 0.0181. The number of para-hydroxylation sites is 2. The summed E-state index contributed by atoms with van der Waals surface area (Å²) in [4.78, 5) is 26.3.